The van der Waals surface area contributed by atoms with Crippen molar-refractivity contribution >= 4 is 23.1 Å². The molecule has 2 rings (SSSR count). The Labute approximate surface area is 85.5 Å². The van der Waals surface area contributed by atoms with Gasteiger partial charge in [0.15, 0.2) is 0 Å². The zero-order chi connectivity index (χ0) is 10.3. The van der Waals surface area contributed by atoms with Gasteiger partial charge in [0.25, 0.3) is 0 Å². The number of carbonyl (C=O) groups is 1. The first-order chi connectivity index (χ1) is 6.59. The molecule has 0 fully saturated rings. The lowest BCUT2D eigenvalue weighted by atomic mass is 10.2. The van der Waals surface area contributed by atoms with E-state index in [2.05, 4.69) is 0 Å². The topological polar surface area (TPSA) is 41.7 Å². The van der Waals surface area contributed by atoms with Gasteiger partial charge < -0.3 is 9.51 Å². The molecule has 0 bridgehead atoms. The number of aromatic carboxylic acids is 1. The first-order valence-corrected chi connectivity index (χ1v) is 4.48. The molecule has 3 nitrogen and oxygen atoms in total. The summed E-state index contributed by atoms with van der Waals surface area (Å²) in [6.45, 7) is 1.91. The number of aromatic nitrogens is 1. The van der Waals surface area contributed by atoms with Gasteiger partial charge in [0.05, 0.1) is 11.1 Å². The fraction of sp³-hybridized carbons (Fsp3) is 0.100. The van der Waals surface area contributed by atoms with Crippen molar-refractivity contribution in [3.63, 3.8) is 0 Å². The highest BCUT2D eigenvalue weighted by Crippen LogP contribution is 2.21. The SMILES string of the molecule is Cc1ccn2c(Cl)cc(C(=O)O)c2c1. The highest BCUT2D eigenvalue weighted by Gasteiger charge is 2.12. The van der Waals surface area contributed by atoms with Crippen molar-refractivity contribution in [1.82, 2.24) is 4.40 Å². The first-order valence-electron chi connectivity index (χ1n) is 4.10. The van der Waals surface area contributed by atoms with Crippen molar-refractivity contribution in [2.75, 3.05) is 0 Å². The van der Waals surface area contributed by atoms with Gasteiger partial charge in [0.1, 0.15) is 5.15 Å². The first kappa shape index (κ1) is 9.09. The zero-order valence-corrected chi connectivity index (χ0v) is 8.25. The molecule has 0 saturated carbocycles. The average Bonchev–Trinajstić information content (AvgIpc) is 2.43. The lowest BCUT2D eigenvalue weighted by Gasteiger charge is -1.98. The maximum atomic E-state index is 10.9. The van der Waals surface area contributed by atoms with E-state index >= 15 is 0 Å². The van der Waals surface area contributed by atoms with Crippen molar-refractivity contribution in [3.8, 4) is 0 Å². The number of fused-ring (bicyclic) bond motifs is 1. The Morgan fingerprint density at radius 2 is 2.21 bits per heavy atom. The molecule has 0 radical (unpaired) electrons. The minimum Gasteiger partial charge on any atom is -0.478 e. The summed E-state index contributed by atoms with van der Waals surface area (Å²) in [7, 11) is 0. The molecule has 0 amide bonds. The van der Waals surface area contributed by atoms with Crippen molar-refractivity contribution in [1.29, 1.82) is 0 Å². The molecule has 0 unspecified atom stereocenters. The summed E-state index contributed by atoms with van der Waals surface area (Å²) in [6, 6.07) is 5.14. The number of nitrogens with zero attached hydrogens (tertiary/aromatic N) is 1. The van der Waals surface area contributed by atoms with Crippen LogP contribution >= 0.6 is 11.6 Å². The molecular formula is C10H8ClNO2. The van der Waals surface area contributed by atoms with Crippen molar-refractivity contribution in [2.24, 2.45) is 0 Å². The third-order valence-electron chi connectivity index (χ3n) is 2.11. The van der Waals surface area contributed by atoms with Gasteiger partial charge in [-0.15, -0.1) is 0 Å². The predicted octanol–water partition coefficient (Wildman–Crippen LogP) is 2.60. The molecule has 0 aliphatic rings. The predicted molar refractivity (Wildman–Crippen MR) is 54.1 cm³/mol. The molecule has 2 aromatic heterocycles. The van der Waals surface area contributed by atoms with E-state index in [-0.39, 0.29) is 5.56 Å². The summed E-state index contributed by atoms with van der Waals surface area (Å²) < 4.78 is 1.65. The van der Waals surface area contributed by atoms with Crippen molar-refractivity contribution in [2.45, 2.75) is 6.92 Å². The molecule has 14 heavy (non-hydrogen) atoms. The Morgan fingerprint density at radius 3 is 2.86 bits per heavy atom. The highest BCUT2D eigenvalue weighted by atomic mass is 35.5. The van der Waals surface area contributed by atoms with Crippen LogP contribution in [0, 0.1) is 6.92 Å². The minimum absolute atomic E-state index is 0.235. The van der Waals surface area contributed by atoms with Gasteiger partial charge in [-0.3, -0.25) is 0 Å². The van der Waals surface area contributed by atoms with Crippen LogP contribution < -0.4 is 0 Å². The molecule has 1 N–H and O–H groups in total. The van der Waals surface area contributed by atoms with E-state index in [1.807, 2.05) is 13.0 Å². The Balaban J connectivity index is 2.85. The summed E-state index contributed by atoms with van der Waals surface area (Å²) in [4.78, 5) is 10.9. The fourth-order valence-corrected chi connectivity index (χ4v) is 1.69. The van der Waals surface area contributed by atoms with Crippen LogP contribution in [0.3, 0.4) is 0 Å². The van der Waals surface area contributed by atoms with Crippen LogP contribution in [-0.4, -0.2) is 15.5 Å². The lowest BCUT2D eigenvalue weighted by Crippen LogP contribution is -1.95. The second-order valence-corrected chi connectivity index (χ2v) is 3.53. The summed E-state index contributed by atoms with van der Waals surface area (Å²) in [5, 5.41) is 9.33. The summed E-state index contributed by atoms with van der Waals surface area (Å²) >= 11 is 5.87. The number of carboxylic acid groups (broad SMARTS) is 1. The van der Waals surface area contributed by atoms with E-state index in [1.165, 1.54) is 6.07 Å². The maximum absolute atomic E-state index is 10.9. The summed E-state index contributed by atoms with van der Waals surface area (Å²) in [5.74, 6) is -0.958. The van der Waals surface area contributed by atoms with E-state index in [9.17, 15) is 4.79 Å². The maximum Gasteiger partial charge on any atom is 0.337 e. The third-order valence-corrected chi connectivity index (χ3v) is 2.40. The van der Waals surface area contributed by atoms with E-state index in [4.69, 9.17) is 16.7 Å². The number of hydrogen-bond acceptors (Lipinski definition) is 1. The van der Waals surface area contributed by atoms with E-state index < -0.39 is 5.97 Å². The van der Waals surface area contributed by atoms with E-state index in [1.54, 1.807) is 16.7 Å². The van der Waals surface area contributed by atoms with E-state index in [0.29, 0.717) is 10.7 Å². The van der Waals surface area contributed by atoms with Crippen LogP contribution in [0.4, 0.5) is 0 Å². The van der Waals surface area contributed by atoms with Gasteiger partial charge in [-0.05, 0) is 30.7 Å². The Kier molecular flexibility index (Phi) is 1.97. The van der Waals surface area contributed by atoms with Crippen LogP contribution in [0.2, 0.25) is 5.15 Å². The molecule has 0 spiro atoms. The normalized spacial score (nSPS) is 10.7. The largest absolute Gasteiger partial charge is 0.478 e. The third kappa shape index (κ3) is 1.26. The number of hydrogen-bond donors (Lipinski definition) is 1. The smallest absolute Gasteiger partial charge is 0.337 e. The number of carboxylic acids is 1. The van der Waals surface area contributed by atoms with Gasteiger partial charge in [0.2, 0.25) is 0 Å². The van der Waals surface area contributed by atoms with E-state index in [0.717, 1.165) is 5.56 Å². The number of rotatable bonds is 1. The molecule has 4 heteroatoms. The van der Waals surface area contributed by atoms with Crippen LogP contribution in [0.1, 0.15) is 15.9 Å². The van der Waals surface area contributed by atoms with Gasteiger partial charge in [-0.2, -0.15) is 0 Å². The summed E-state index contributed by atoms with van der Waals surface area (Å²) in [6.07, 6.45) is 1.76. The standard InChI is InChI=1S/C10H8ClNO2/c1-6-2-3-12-8(4-6)7(10(13)14)5-9(12)11/h2-5H,1H3,(H,13,14). The molecule has 2 heterocycles. The molecule has 2 aromatic rings. The van der Waals surface area contributed by atoms with Gasteiger partial charge in [-0.1, -0.05) is 11.6 Å². The van der Waals surface area contributed by atoms with Crippen molar-refractivity contribution < 1.29 is 9.90 Å². The van der Waals surface area contributed by atoms with Gasteiger partial charge >= 0.3 is 5.97 Å². The number of halogens is 1. The van der Waals surface area contributed by atoms with Crippen LogP contribution in [0.15, 0.2) is 24.4 Å². The summed E-state index contributed by atoms with van der Waals surface area (Å²) in [5.41, 5.74) is 1.87. The zero-order valence-electron chi connectivity index (χ0n) is 7.49. The van der Waals surface area contributed by atoms with Crippen LogP contribution in [0.25, 0.3) is 5.52 Å². The Bertz CT molecular complexity index is 516. The second kappa shape index (κ2) is 3.03. The highest BCUT2D eigenvalue weighted by molar-refractivity contribution is 6.30. The monoisotopic (exact) mass is 209 g/mol. The van der Waals surface area contributed by atoms with Gasteiger partial charge in [-0.25, -0.2) is 4.79 Å². The minimum atomic E-state index is -0.958. The molecule has 0 atom stereocenters. The average molecular weight is 210 g/mol. The molecule has 0 aromatic carbocycles. The van der Waals surface area contributed by atoms with Crippen LogP contribution in [-0.2, 0) is 0 Å². The second-order valence-electron chi connectivity index (χ2n) is 3.15. The van der Waals surface area contributed by atoms with Crippen molar-refractivity contribution in [3.05, 3.63) is 40.7 Å². The molecule has 0 aliphatic carbocycles. The van der Waals surface area contributed by atoms with Gasteiger partial charge in [0, 0.05) is 6.20 Å². The molecular weight excluding hydrogens is 202 g/mol. The number of aryl methyl sites for hydroxylation is 1. The number of pyridine rings is 1. The Hall–Kier alpha value is -1.48. The molecule has 0 aliphatic heterocycles. The molecule has 72 valence electrons. The quantitative estimate of drug-likeness (QED) is 0.785. The Morgan fingerprint density at radius 1 is 1.50 bits per heavy atom. The molecule has 0 saturated heterocycles. The lowest BCUT2D eigenvalue weighted by molar-refractivity contribution is 0.0699. The van der Waals surface area contributed by atoms with Crippen LogP contribution in [0.5, 0.6) is 0 Å². The fourth-order valence-electron chi connectivity index (χ4n) is 1.43.